The Morgan fingerprint density at radius 2 is 1.89 bits per heavy atom. The van der Waals surface area contributed by atoms with E-state index in [9.17, 15) is 4.79 Å². The zero-order valence-electron chi connectivity index (χ0n) is 11.9. The molecule has 0 atom stereocenters. The molecule has 0 bridgehead atoms. The van der Waals surface area contributed by atoms with E-state index in [2.05, 4.69) is 31.6 Å². The lowest BCUT2D eigenvalue weighted by atomic mass is 9.86. The highest BCUT2D eigenvalue weighted by Crippen LogP contribution is 2.29. The fourth-order valence-corrected chi connectivity index (χ4v) is 1.76. The van der Waals surface area contributed by atoms with Gasteiger partial charge in [0.25, 0.3) is 0 Å². The average molecular weight is 250 g/mol. The van der Waals surface area contributed by atoms with E-state index in [1.54, 1.807) is 7.11 Å². The minimum absolute atomic E-state index is 0.0914. The van der Waals surface area contributed by atoms with Crippen LogP contribution in [-0.2, 0) is 21.4 Å². The molecular formula is C15H22O3. The molecule has 0 spiro atoms. The van der Waals surface area contributed by atoms with Gasteiger partial charge >= 0.3 is 5.97 Å². The van der Waals surface area contributed by atoms with Gasteiger partial charge in [-0.05, 0) is 29.0 Å². The van der Waals surface area contributed by atoms with E-state index in [1.807, 2.05) is 12.1 Å². The number of carbonyl (C=O) groups excluding carboxylic acids is 1. The predicted octanol–water partition coefficient (Wildman–Crippen LogP) is 3.10. The highest BCUT2D eigenvalue weighted by Gasteiger charge is 2.16. The standard InChI is InChI=1S/C15H22O3/c1-15(2,3)12-8-6-11(13(10-12)17-4)7-9-14(16)18-5/h6,8,10H,7,9H2,1-5H3. The first-order valence-electron chi connectivity index (χ1n) is 6.12. The van der Waals surface area contributed by atoms with Crippen LogP contribution >= 0.6 is 0 Å². The van der Waals surface area contributed by atoms with Gasteiger partial charge in [0.15, 0.2) is 0 Å². The van der Waals surface area contributed by atoms with Crippen LogP contribution in [-0.4, -0.2) is 20.2 Å². The first-order chi connectivity index (χ1) is 8.38. The van der Waals surface area contributed by atoms with Gasteiger partial charge in [-0.3, -0.25) is 4.79 Å². The number of methoxy groups -OCH3 is 2. The van der Waals surface area contributed by atoms with Gasteiger partial charge in [-0.25, -0.2) is 0 Å². The van der Waals surface area contributed by atoms with E-state index in [0.717, 1.165) is 11.3 Å². The summed E-state index contributed by atoms with van der Waals surface area (Å²) in [4.78, 5) is 11.1. The number of esters is 1. The zero-order chi connectivity index (χ0) is 13.8. The van der Waals surface area contributed by atoms with Crippen LogP contribution < -0.4 is 4.74 Å². The Morgan fingerprint density at radius 1 is 1.22 bits per heavy atom. The maximum absolute atomic E-state index is 11.1. The predicted molar refractivity (Wildman–Crippen MR) is 72.0 cm³/mol. The summed E-state index contributed by atoms with van der Waals surface area (Å²) < 4.78 is 10.0. The lowest BCUT2D eigenvalue weighted by molar-refractivity contribution is -0.140. The quantitative estimate of drug-likeness (QED) is 0.770. The summed E-state index contributed by atoms with van der Waals surface area (Å²) in [6.45, 7) is 6.49. The maximum atomic E-state index is 11.1. The second-order valence-corrected chi connectivity index (χ2v) is 5.35. The first-order valence-corrected chi connectivity index (χ1v) is 6.12. The molecule has 1 aromatic rings. The van der Waals surface area contributed by atoms with Crippen molar-refractivity contribution in [2.75, 3.05) is 14.2 Å². The van der Waals surface area contributed by atoms with Gasteiger partial charge in [-0.1, -0.05) is 32.9 Å². The number of ether oxygens (including phenoxy) is 2. The van der Waals surface area contributed by atoms with Crippen LogP contribution in [0.5, 0.6) is 5.75 Å². The van der Waals surface area contributed by atoms with Gasteiger partial charge in [0.2, 0.25) is 0 Å². The second-order valence-electron chi connectivity index (χ2n) is 5.35. The minimum atomic E-state index is -0.197. The van der Waals surface area contributed by atoms with Gasteiger partial charge in [0.05, 0.1) is 14.2 Å². The van der Waals surface area contributed by atoms with Crippen LogP contribution in [0, 0.1) is 0 Å². The first kappa shape index (κ1) is 14.6. The molecule has 0 radical (unpaired) electrons. The molecule has 18 heavy (non-hydrogen) atoms. The summed E-state index contributed by atoms with van der Waals surface area (Å²) in [7, 11) is 3.06. The lowest BCUT2D eigenvalue weighted by Gasteiger charge is -2.21. The molecule has 0 aromatic heterocycles. The van der Waals surface area contributed by atoms with Crippen LogP contribution in [0.4, 0.5) is 0 Å². The SMILES string of the molecule is COC(=O)CCc1ccc(C(C)(C)C)cc1OC. The van der Waals surface area contributed by atoms with Crippen molar-refractivity contribution in [1.29, 1.82) is 0 Å². The molecule has 0 aliphatic heterocycles. The van der Waals surface area contributed by atoms with Gasteiger partial charge < -0.3 is 9.47 Å². The summed E-state index contributed by atoms with van der Waals surface area (Å²) in [6.07, 6.45) is 1.02. The fraction of sp³-hybridized carbons (Fsp3) is 0.533. The molecule has 0 heterocycles. The smallest absolute Gasteiger partial charge is 0.305 e. The summed E-state index contributed by atoms with van der Waals surface area (Å²) in [5.41, 5.74) is 2.35. The highest BCUT2D eigenvalue weighted by atomic mass is 16.5. The van der Waals surface area contributed by atoms with Crippen molar-refractivity contribution in [3.05, 3.63) is 29.3 Å². The van der Waals surface area contributed by atoms with Crippen LogP contribution in [0.15, 0.2) is 18.2 Å². The Hall–Kier alpha value is -1.51. The molecule has 3 heteroatoms. The maximum Gasteiger partial charge on any atom is 0.305 e. The summed E-state index contributed by atoms with van der Waals surface area (Å²) >= 11 is 0. The van der Waals surface area contributed by atoms with Crippen LogP contribution in [0.2, 0.25) is 0 Å². The monoisotopic (exact) mass is 250 g/mol. The van der Waals surface area contributed by atoms with E-state index in [0.29, 0.717) is 12.8 Å². The van der Waals surface area contributed by atoms with Gasteiger partial charge in [0, 0.05) is 6.42 Å². The average Bonchev–Trinajstić information content (AvgIpc) is 2.34. The van der Waals surface area contributed by atoms with Crippen LogP contribution in [0.25, 0.3) is 0 Å². The lowest BCUT2D eigenvalue weighted by Crippen LogP contribution is -2.11. The number of rotatable bonds is 4. The van der Waals surface area contributed by atoms with Gasteiger partial charge in [-0.2, -0.15) is 0 Å². The largest absolute Gasteiger partial charge is 0.496 e. The normalized spacial score (nSPS) is 11.2. The molecule has 0 N–H and O–H groups in total. The van der Waals surface area contributed by atoms with Crippen molar-refractivity contribution in [2.45, 2.75) is 39.0 Å². The van der Waals surface area contributed by atoms with Crippen molar-refractivity contribution in [1.82, 2.24) is 0 Å². The number of benzene rings is 1. The third-order valence-electron chi connectivity index (χ3n) is 2.98. The zero-order valence-corrected chi connectivity index (χ0v) is 11.9. The van der Waals surface area contributed by atoms with E-state index in [1.165, 1.54) is 12.7 Å². The molecule has 0 unspecified atom stereocenters. The molecule has 3 nitrogen and oxygen atoms in total. The molecular weight excluding hydrogens is 228 g/mol. The number of aryl methyl sites for hydroxylation is 1. The number of carbonyl (C=O) groups is 1. The molecule has 1 rings (SSSR count). The molecule has 0 saturated heterocycles. The van der Waals surface area contributed by atoms with E-state index >= 15 is 0 Å². The Morgan fingerprint density at radius 3 is 2.39 bits per heavy atom. The van der Waals surface area contributed by atoms with Crippen LogP contribution in [0.3, 0.4) is 0 Å². The molecule has 0 fully saturated rings. The van der Waals surface area contributed by atoms with Crippen LogP contribution in [0.1, 0.15) is 38.3 Å². The van der Waals surface area contributed by atoms with E-state index in [-0.39, 0.29) is 11.4 Å². The van der Waals surface area contributed by atoms with Crippen molar-refractivity contribution in [3.63, 3.8) is 0 Å². The number of hydrogen-bond donors (Lipinski definition) is 0. The summed E-state index contributed by atoms with van der Waals surface area (Å²) in [5, 5.41) is 0. The fourth-order valence-electron chi connectivity index (χ4n) is 1.76. The topological polar surface area (TPSA) is 35.5 Å². The third kappa shape index (κ3) is 3.76. The molecule has 100 valence electrons. The highest BCUT2D eigenvalue weighted by molar-refractivity contribution is 5.69. The summed E-state index contributed by atoms with van der Waals surface area (Å²) in [5.74, 6) is 0.642. The Bertz CT molecular complexity index is 416. The van der Waals surface area contributed by atoms with Crippen molar-refractivity contribution >= 4 is 5.97 Å². The second kappa shape index (κ2) is 5.89. The molecule has 0 aliphatic carbocycles. The minimum Gasteiger partial charge on any atom is -0.496 e. The Labute approximate surface area is 109 Å². The molecule has 1 aromatic carbocycles. The summed E-state index contributed by atoms with van der Waals surface area (Å²) in [6, 6.07) is 6.17. The van der Waals surface area contributed by atoms with E-state index in [4.69, 9.17) is 4.74 Å². The molecule has 0 saturated carbocycles. The number of hydrogen-bond acceptors (Lipinski definition) is 3. The molecule has 0 aliphatic rings. The van der Waals surface area contributed by atoms with Gasteiger partial charge in [-0.15, -0.1) is 0 Å². The third-order valence-corrected chi connectivity index (χ3v) is 2.98. The van der Waals surface area contributed by atoms with Crippen molar-refractivity contribution in [2.24, 2.45) is 0 Å². The Balaban J connectivity index is 2.90. The van der Waals surface area contributed by atoms with E-state index < -0.39 is 0 Å². The Kier molecular flexibility index (Phi) is 4.76. The van der Waals surface area contributed by atoms with Crippen molar-refractivity contribution < 1.29 is 14.3 Å². The molecule has 0 amide bonds. The van der Waals surface area contributed by atoms with Crippen molar-refractivity contribution in [3.8, 4) is 5.75 Å². The van der Waals surface area contributed by atoms with Gasteiger partial charge in [0.1, 0.15) is 5.75 Å².